The number of tetrazole rings is 1. The Balaban J connectivity index is 1.28. The van der Waals surface area contributed by atoms with Gasteiger partial charge in [0.2, 0.25) is 6.79 Å². The molecule has 4 heterocycles. The molecule has 0 unspecified atom stereocenters. The van der Waals surface area contributed by atoms with Gasteiger partial charge in [0.25, 0.3) is 0 Å². The minimum absolute atomic E-state index is 0.235. The average molecular weight is 460 g/mol. The monoisotopic (exact) mass is 460 g/mol. The first-order chi connectivity index (χ1) is 17.3. The van der Waals surface area contributed by atoms with E-state index in [2.05, 4.69) is 35.9 Å². The van der Waals surface area contributed by atoms with Gasteiger partial charge in [-0.2, -0.15) is 5.10 Å². The van der Waals surface area contributed by atoms with Crippen molar-refractivity contribution in [1.29, 1.82) is 0 Å². The minimum Gasteiger partial charge on any atom is -0.454 e. The third-order valence-corrected chi connectivity index (χ3v) is 5.94. The second kappa shape index (κ2) is 7.73. The molecular formula is C25H16N8O2. The molecule has 1 aliphatic heterocycles. The van der Waals surface area contributed by atoms with Gasteiger partial charge >= 0.3 is 0 Å². The smallest absolute Gasteiger partial charge is 0.231 e. The zero-order valence-corrected chi connectivity index (χ0v) is 18.2. The standard InChI is InChI=1S/C25H16N8O2/c1-2-4-19-18(3-1)24(15-5-8-17(9-6-15)33-13-26-31-32-33)29-30-25(19)21-12-20(27-28-21)16-7-10-22-23(11-16)35-14-34-22/h1-13H,14H2,(H,27,28). The molecule has 6 aromatic rings. The van der Waals surface area contributed by atoms with Crippen LogP contribution in [0.25, 0.3) is 50.4 Å². The summed E-state index contributed by atoms with van der Waals surface area (Å²) in [6.45, 7) is 0.235. The predicted octanol–water partition coefficient (Wildman–Crippen LogP) is 4.06. The molecule has 10 heteroatoms. The Morgan fingerprint density at radius 3 is 2.37 bits per heavy atom. The molecule has 0 atom stereocenters. The fraction of sp³-hybridized carbons (Fsp3) is 0.0400. The highest BCUT2D eigenvalue weighted by Crippen LogP contribution is 2.37. The van der Waals surface area contributed by atoms with Gasteiger partial charge in [0.15, 0.2) is 11.5 Å². The Morgan fingerprint density at radius 1 is 0.771 bits per heavy atom. The molecule has 1 N–H and O–H groups in total. The number of nitrogens with one attached hydrogen (secondary N) is 1. The first-order valence-electron chi connectivity index (χ1n) is 10.9. The zero-order valence-electron chi connectivity index (χ0n) is 18.2. The first-order valence-corrected chi connectivity index (χ1v) is 10.9. The maximum atomic E-state index is 5.50. The fourth-order valence-electron chi connectivity index (χ4n) is 4.21. The molecule has 3 aromatic heterocycles. The van der Waals surface area contributed by atoms with Crippen LogP contribution in [0.1, 0.15) is 0 Å². The molecule has 35 heavy (non-hydrogen) atoms. The lowest BCUT2D eigenvalue weighted by atomic mass is 10.0. The molecule has 3 aromatic carbocycles. The van der Waals surface area contributed by atoms with Crippen LogP contribution in [0.2, 0.25) is 0 Å². The Bertz CT molecular complexity index is 1680. The lowest BCUT2D eigenvalue weighted by Crippen LogP contribution is -1.97. The van der Waals surface area contributed by atoms with E-state index in [4.69, 9.17) is 9.47 Å². The van der Waals surface area contributed by atoms with E-state index < -0.39 is 0 Å². The van der Waals surface area contributed by atoms with Gasteiger partial charge in [-0.15, -0.1) is 15.3 Å². The van der Waals surface area contributed by atoms with Crippen LogP contribution in [0.4, 0.5) is 0 Å². The largest absolute Gasteiger partial charge is 0.454 e. The number of rotatable bonds is 4. The van der Waals surface area contributed by atoms with E-state index in [1.165, 1.54) is 0 Å². The lowest BCUT2D eigenvalue weighted by Gasteiger charge is -2.09. The second-order valence-corrected chi connectivity index (χ2v) is 7.98. The van der Waals surface area contributed by atoms with Crippen molar-refractivity contribution in [2.24, 2.45) is 0 Å². The van der Waals surface area contributed by atoms with E-state index in [-0.39, 0.29) is 6.79 Å². The van der Waals surface area contributed by atoms with Gasteiger partial charge < -0.3 is 9.47 Å². The van der Waals surface area contributed by atoms with Gasteiger partial charge in [-0.1, -0.05) is 36.4 Å². The summed E-state index contributed by atoms with van der Waals surface area (Å²) < 4.78 is 12.5. The third kappa shape index (κ3) is 3.27. The van der Waals surface area contributed by atoms with Gasteiger partial charge in [-0.05, 0) is 46.8 Å². The first kappa shape index (κ1) is 19.4. The van der Waals surface area contributed by atoms with Gasteiger partial charge in [-0.3, -0.25) is 5.10 Å². The molecule has 10 nitrogen and oxygen atoms in total. The quantitative estimate of drug-likeness (QED) is 0.419. The molecule has 0 spiro atoms. The molecule has 7 rings (SSSR count). The van der Waals surface area contributed by atoms with Crippen LogP contribution < -0.4 is 9.47 Å². The van der Waals surface area contributed by atoms with Crippen molar-refractivity contribution in [1.82, 2.24) is 40.6 Å². The maximum Gasteiger partial charge on any atom is 0.231 e. The second-order valence-electron chi connectivity index (χ2n) is 7.98. The number of aromatic nitrogens is 8. The molecule has 0 bridgehead atoms. The lowest BCUT2D eigenvalue weighted by molar-refractivity contribution is 0.174. The normalized spacial score (nSPS) is 12.3. The molecule has 0 radical (unpaired) electrons. The van der Waals surface area contributed by atoms with Crippen LogP contribution in [0.5, 0.6) is 11.5 Å². The van der Waals surface area contributed by atoms with Crippen LogP contribution in [0.15, 0.2) is 79.1 Å². The Morgan fingerprint density at radius 2 is 1.54 bits per heavy atom. The number of fused-ring (bicyclic) bond motifs is 2. The predicted molar refractivity (Wildman–Crippen MR) is 127 cm³/mol. The summed E-state index contributed by atoms with van der Waals surface area (Å²) in [7, 11) is 0. The molecule has 168 valence electrons. The summed E-state index contributed by atoms with van der Waals surface area (Å²) >= 11 is 0. The van der Waals surface area contributed by atoms with Gasteiger partial charge in [0, 0.05) is 21.9 Å². The molecule has 0 fully saturated rings. The number of aromatic amines is 1. The van der Waals surface area contributed by atoms with Crippen LogP contribution in [0.3, 0.4) is 0 Å². The highest BCUT2D eigenvalue weighted by atomic mass is 16.7. The zero-order chi connectivity index (χ0) is 23.2. The highest BCUT2D eigenvalue weighted by Gasteiger charge is 2.17. The van der Waals surface area contributed by atoms with Crippen molar-refractivity contribution in [3.63, 3.8) is 0 Å². The van der Waals surface area contributed by atoms with Gasteiger partial charge in [-0.25, -0.2) is 4.68 Å². The van der Waals surface area contributed by atoms with Crippen molar-refractivity contribution in [3.05, 3.63) is 79.1 Å². The number of nitrogens with zero attached hydrogens (tertiary/aromatic N) is 7. The van der Waals surface area contributed by atoms with Crippen molar-refractivity contribution >= 4 is 10.8 Å². The maximum absolute atomic E-state index is 5.50. The third-order valence-electron chi connectivity index (χ3n) is 5.94. The average Bonchev–Trinajstić information content (AvgIpc) is 3.70. The van der Waals surface area contributed by atoms with Crippen LogP contribution in [0, 0.1) is 0 Å². The summed E-state index contributed by atoms with van der Waals surface area (Å²) in [4.78, 5) is 0. The van der Waals surface area contributed by atoms with Crippen molar-refractivity contribution < 1.29 is 9.47 Å². The van der Waals surface area contributed by atoms with Gasteiger partial charge in [0.1, 0.15) is 17.7 Å². The van der Waals surface area contributed by atoms with E-state index in [0.717, 1.165) is 56.1 Å². The molecule has 0 amide bonds. The topological polar surface area (TPSA) is 117 Å². The van der Waals surface area contributed by atoms with Crippen LogP contribution in [-0.4, -0.2) is 47.4 Å². The van der Waals surface area contributed by atoms with Crippen molar-refractivity contribution in [2.45, 2.75) is 0 Å². The van der Waals surface area contributed by atoms with E-state index in [9.17, 15) is 0 Å². The fourth-order valence-corrected chi connectivity index (χ4v) is 4.21. The van der Waals surface area contributed by atoms with E-state index >= 15 is 0 Å². The number of benzene rings is 3. The number of ether oxygens (including phenoxy) is 2. The summed E-state index contributed by atoms with van der Waals surface area (Å²) in [6, 6.07) is 23.7. The van der Waals surface area contributed by atoms with Crippen LogP contribution in [-0.2, 0) is 0 Å². The summed E-state index contributed by atoms with van der Waals surface area (Å²) in [6.07, 6.45) is 1.56. The van der Waals surface area contributed by atoms with Crippen molar-refractivity contribution in [2.75, 3.05) is 6.79 Å². The summed E-state index contributed by atoms with van der Waals surface area (Å²) in [5, 5.41) is 30.1. The summed E-state index contributed by atoms with van der Waals surface area (Å²) in [5.74, 6) is 1.45. The molecular weight excluding hydrogens is 444 g/mol. The SMILES string of the molecule is c1ccc2c(-c3cc(-c4ccc5c(c4)OCO5)n[nH]3)nnc(-c3ccc(-n4cnnn4)cc3)c2c1. The van der Waals surface area contributed by atoms with Gasteiger partial charge in [0.05, 0.1) is 17.1 Å². The van der Waals surface area contributed by atoms with Crippen molar-refractivity contribution in [3.8, 4) is 51.1 Å². The van der Waals surface area contributed by atoms with E-state index in [0.29, 0.717) is 5.75 Å². The Labute approximate surface area is 198 Å². The van der Waals surface area contributed by atoms with E-state index in [1.807, 2.05) is 72.8 Å². The summed E-state index contributed by atoms with van der Waals surface area (Å²) in [5.41, 5.74) is 5.82. The molecule has 0 saturated carbocycles. The van der Waals surface area contributed by atoms with Crippen LogP contribution >= 0.6 is 0 Å². The Hall–Kier alpha value is -5.12. The van der Waals surface area contributed by atoms with E-state index in [1.54, 1.807) is 11.0 Å². The highest BCUT2D eigenvalue weighted by molar-refractivity contribution is 6.01. The molecule has 1 aliphatic rings. The minimum atomic E-state index is 0.235. The number of hydrogen-bond acceptors (Lipinski definition) is 8. The molecule has 0 saturated heterocycles. The number of H-pyrrole nitrogens is 1. The molecule has 0 aliphatic carbocycles. The number of hydrogen-bond donors (Lipinski definition) is 1. The Kier molecular flexibility index (Phi) is 4.28.